The molecule has 2 heterocycles. The van der Waals surface area contributed by atoms with E-state index in [1.54, 1.807) is 12.1 Å². The molecule has 0 fully saturated rings. The van der Waals surface area contributed by atoms with E-state index in [-0.39, 0.29) is 23.1 Å². The number of amides is 2. The second-order valence-electron chi connectivity index (χ2n) is 8.85. The fraction of sp³-hybridized carbons (Fsp3) is 0.111. The number of benzene rings is 3. The van der Waals surface area contributed by atoms with Gasteiger partial charge in [-0.25, -0.2) is 9.07 Å². The van der Waals surface area contributed by atoms with E-state index in [0.29, 0.717) is 16.6 Å². The maximum Gasteiger partial charge on any atom is 0.417 e. The lowest BCUT2D eigenvalue weighted by Gasteiger charge is -2.15. The summed E-state index contributed by atoms with van der Waals surface area (Å²) in [6.45, 7) is 1.82. The Bertz CT molecular complexity index is 1770. The van der Waals surface area contributed by atoms with Gasteiger partial charge in [-0.15, -0.1) is 0 Å². The van der Waals surface area contributed by atoms with Gasteiger partial charge >= 0.3 is 6.18 Å². The van der Waals surface area contributed by atoms with Crippen LogP contribution in [0.3, 0.4) is 0 Å². The fourth-order valence-electron chi connectivity index (χ4n) is 4.26. The zero-order chi connectivity index (χ0) is 28.1. The monoisotopic (exact) mass is 536 g/mol. The van der Waals surface area contributed by atoms with E-state index in [0.717, 1.165) is 11.6 Å². The molecule has 5 aromatic rings. The Morgan fingerprint density at radius 1 is 1.00 bits per heavy atom. The first kappa shape index (κ1) is 25.6. The largest absolute Gasteiger partial charge is 0.417 e. The molecule has 2 amide bonds. The van der Waals surface area contributed by atoms with Crippen LogP contribution in [0.2, 0.25) is 0 Å². The van der Waals surface area contributed by atoms with Gasteiger partial charge in [-0.3, -0.25) is 14.3 Å². The van der Waals surface area contributed by atoms with E-state index < -0.39 is 40.5 Å². The molecule has 8 nitrogen and oxygen atoms in total. The number of primary amides is 1. The summed E-state index contributed by atoms with van der Waals surface area (Å²) in [5.74, 6) is -2.92. The van der Waals surface area contributed by atoms with E-state index in [1.165, 1.54) is 46.9 Å². The van der Waals surface area contributed by atoms with Gasteiger partial charge in [0.25, 0.3) is 5.91 Å². The lowest BCUT2D eigenvalue weighted by atomic mass is 9.99. The molecule has 0 aliphatic rings. The molecule has 2 aromatic heterocycles. The van der Waals surface area contributed by atoms with Crippen LogP contribution in [0.25, 0.3) is 27.8 Å². The maximum absolute atomic E-state index is 15.0. The van der Waals surface area contributed by atoms with Crippen LogP contribution < -0.4 is 11.1 Å². The molecule has 12 heteroatoms. The molecule has 0 radical (unpaired) electrons. The van der Waals surface area contributed by atoms with Crippen molar-refractivity contribution < 1.29 is 27.2 Å². The molecule has 0 aliphatic carbocycles. The number of fused-ring (bicyclic) bond motifs is 1. The third-order valence-electron chi connectivity index (χ3n) is 6.18. The number of hydrogen-bond acceptors (Lipinski definition) is 4. The number of aromatic nitrogens is 4. The number of halogens is 4. The minimum absolute atomic E-state index is 0.0757. The number of hydrogen-bond donors (Lipinski definition) is 2. The van der Waals surface area contributed by atoms with Gasteiger partial charge in [-0.05, 0) is 55.0 Å². The normalized spacial score (nSPS) is 11.6. The quantitative estimate of drug-likeness (QED) is 0.300. The number of carbonyl (C=O) groups is 2. The van der Waals surface area contributed by atoms with Crippen molar-refractivity contribution in [2.75, 3.05) is 5.32 Å². The van der Waals surface area contributed by atoms with Gasteiger partial charge in [-0.2, -0.15) is 23.4 Å². The molecule has 0 saturated heterocycles. The summed E-state index contributed by atoms with van der Waals surface area (Å²) >= 11 is 0. The van der Waals surface area contributed by atoms with Gasteiger partial charge in [0, 0.05) is 29.8 Å². The summed E-state index contributed by atoms with van der Waals surface area (Å²) in [5, 5.41) is 11.5. The Kier molecular flexibility index (Phi) is 6.17. The fourth-order valence-corrected chi connectivity index (χ4v) is 4.26. The van der Waals surface area contributed by atoms with Gasteiger partial charge in [-0.1, -0.05) is 18.2 Å². The van der Waals surface area contributed by atoms with Crippen molar-refractivity contribution in [2.24, 2.45) is 12.8 Å². The minimum Gasteiger partial charge on any atom is -0.366 e. The van der Waals surface area contributed by atoms with Gasteiger partial charge in [0.2, 0.25) is 5.91 Å². The lowest BCUT2D eigenvalue weighted by Crippen LogP contribution is -2.18. The summed E-state index contributed by atoms with van der Waals surface area (Å²) < 4.78 is 59.0. The lowest BCUT2D eigenvalue weighted by molar-refractivity contribution is -0.137. The maximum atomic E-state index is 15.0. The first-order valence-corrected chi connectivity index (χ1v) is 11.5. The zero-order valence-corrected chi connectivity index (χ0v) is 20.5. The van der Waals surface area contributed by atoms with E-state index >= 15 is 4.39 Å². The molecule has 39 heavy (non-hydrogen) atoms. The van der Waals surface area contributed by atoms with Crippen LogP contribution in [-0.2, 0) is 13.2 Å². The smallest absolute Gasteiger partial charge is 0.366 e. The number of nitrogens with zero attached hydrogens (tertiary/aromatic N) is 4. The van der Waals surface area contributed by atoms with Crippen LogP contribution in [0.15, 0.2) is 66.9 Å². The van der Waals surface area contributed by atoms with E-state index in [2.05, 4.69) is 15.5 Å². The molecule has 5 rings (SSSR count). The van der Waals surface area contributed by atoms with Gasteiger partial charge in [0.15, 0.2) is 0 Å². The van der Waals surface area contributed by atoms with E-state index in [9.17, 15) is 22.8 Å². The molecule has 3 aromatic carbocycles. The average Bonchev–Trinajstić information content (AvgIpc) is 3.46. The van der Waals surface area contributed by atoms with Crippen LogP contribution in [-0.4, -0.2) is 31.4 Å². The number of nitrogens with one attached hydrogen (secondary N) is 1. The van der Waals surface area contributed by atoms with Crippen LogP contribution in [0.1, 0.15) is 31.8 Å². The van der Waals surface area contributed by atoms with Crippen molar-refractivity contribution >= 4 is 28.5 Å². The van der Waals surface area contributed by atoms with Gasteiger partial charge < -0.3 is 11.1 Å². The first-order valence-electron chi connectivity index (χ1n) is 11.5. The van der Waals surface area contributed by atoms with Crippen LogP contribution in [0.4, 0.5) is 23.4 Å². The molecule has 0 saturated carbocycles. The summed E-state index contributed by atoms with van der Waals surface area (Å²) in [6, 6.07) is 14.0. The minimum atomic E-state index is -4.89. The van der Waals surface area contributed by atoms with Crippen molar-refractivity contribution in [3.05, 3.63) is 94.9 Å². The molecular weight excluding hydrogens is 516 g/mol. The molecular formula is C27H20F4N6O2. The second-order valence-corrected chi connectivity index (χ2v) is 8.85. The SMILES string of the molecule is Cc1ccccc1-n1nc2cc(C(N)=O)ccc2c1NC(=O)c1cc(-c2ccn(C)n2)c(C(F)(F)F)cc1F. The number of anilines is 1. The number of carbonyl (C=O) groups excluding carboxylic acids is 2. The Balaban J connectivity index is 1.66. The van der Waals surface area contributed by atoms with Crippen molar-refractivity contribution in [1.82, 2.24) is 19.6 Å². The Hall–Kier alpha value is -5.00. The summed E-state index contributed by atoms with van der Waals surface area (Å²) in [4.78, 5) is 25.1. The highest BCUT2D eigenvalue weighted by atomic mass is 19.4. The van der Waals surface area contributed by atoms with Gasteiger partial charge in [0.05, 0.1) is 28.0 Å². The van der Waals surface area contributed by atoms with Crippen molar-refractivity contribution in [3.63, 3.8) is 0 Å². The predicted molar refractivity (Wildman–Crippen MR) is 136 cm³/mol. The number of rotatable bonds is 5. The highest BCUT2D eigenvalue weighted by Gasteiger charge is 2.36. The zero-order valence-electron chi connectivity index (χ0n) is 20.5. The van der Waals surface area contributed by atoms with Crippen molar-refractivity contribution in [3.8, 4) is 16.9 Å². The Labute approximate surface area is 218 Å². The number of aryl methyl sites for hydroxylation is 2. The van der Waals surface area contributed by atoms with Crippen LogP contribution >= 0.6 is 0 Å². The van der Waals surface area contributed by atoms with E-state index in [1.807, 2.05) is 19.1 Å². The summed E-state index contributed by atoms with van der Waals surface area (Å²) in [6.07, 6.45) is -3.45. The number of alkyl halides is 3. The van der Waals surface area contributed by atoms with Crippen molar-refractivity contribution in [2.45, 2.75) is 13.1 Å². The predicted octanol–water partition coefficient (Wildman–Crippen LogP) is 5.24. The molecule has 0 spiro atoms. The third kappa shape index (κ3) is 4.72. The molecule has 3 N–H and O–H groups in total. The Morgan fingerprint density at radius 2 is 1.74 bits per heavy atom. The van der Waals surface area contributed by atoms with Crippen molar-refractivity contribution in [1.29, 1.82) is 0 Å². The average molecular weight is 536 g/mol. The van der Waals surface area contributed by atoms with Crippen LogP contribution in [0, 0.1) is 12.7 Å². The van der Waals surface area contributed by atoms with Crippen LogP contribution in [0.5, 0.6) is 0 Å². The highest BCUT2D eigenvalue weighted by Crippen LogP contribution is 2.38. The first-order chi connectivity index (χ1) is 18.4. The number of nitrogens with two attached hydrogens (primary N) is 1. The number of para-hydroxylation sites is 1. The second kappa shape index (κ2) is 9.39. The standard InChI is InChI=1S/C27H20F4N6O2/c1-14-5-3-4-6-23(14)37-25(16-8-7-15(24(32)38)11-22(16)35-37)33-26(39)18-12-17(21-9-10-36(2)34-21)19(13-20(18)28)27(29,30)31/h3-13H,1-2H3,(H2,32,38)(H,33,39). The highest BCUT2D eigenvalue weighted by molar-refractivity contribution is 6.10. The summed E-state index contributed by atoms with van der Waals surface area (Å²) in [5.41, 5.74) is 4.85. The summed E-state index contributed by atoms with van der Waals surface area (Å²) in [7, 11) is 1.52. The van der Waals surface area contributed by atoms with E-state index in [4.69, 9.17) is 5.73 Å². The molecule has 0 unspecified atom stereocenters. The topological polar surface area (TPSA) is 108 Å². The molecule has 0 aliphatic heterocycles. The molecule has 198 valence electrons. The van der Waals surface area contributed by atoms with Gasteiger partial charge in [0.1, 0.15) is 11.6 Å². The molecule has 0 bridgehead atoms. The molecule has 0 atom stereocenters. The Morgan fingerprint density at radius 3 is 2.38 bits per heavy atom. The third-order valence-corrected chi connectivity index (χ3v) is 6.18.